The number of carbonyl (C=O) groups is 1. The fourth-order valence-electron chi connectivity index (χ4n) is 2.71. The third-order valence-corrected chi connectivity index (χ3v) is 5.21. The maximum atomic E-state index is 11.9. The summed E-state index contributed by atoms with van der Waals surface area (Å²) in [7, 11) is 10.5. The lowest BCUT2D eigenvalue weighted by Gasteiger charge is -2.46. The van der Waals surface area contributed by atoms with Crippen molar-refractivity contribution in [3.8, 4) is 11.1 Å². The third kappa shape index (κ3) is 7.45. The van der Waals surface area contributed by atoms with E-state index in [9.17, 15) is 30.3 Å². The second-order valence-corrected chi connectivity index (χ2v) is 8.26. The zero-order chi connectivity index (χ0) is 27.1. The van der Waals surface area contributed by atoms with E-state index < -0.39 is 23.0 Å². The predicted octanol–water partition coefficient (Wildman–Crippen LogP) is -0.494. The van der Waals surface area contributed by atoms with E-state index in [0.717, 1.165) is 11.2 Å². The highest BCUT2D eigenvalue weighted by Crippen LogP contribution is 2.33. The van der Waals surface area contributed by atoms with Crippen LogP contribution in [0.3, 0.4) is 0 Å². The van der Waals surface area contributed by atoms with Gasteiger partial charge in [-0.05, 0) is 24.3 Å². The number of amides is 1. The molecule has 0 aliphatic rings. The molecular weight excluding hydrogens is 513 g/mol. The van der Waals surface area contributed by atoms with Gasteiger partial charge >= 0.3 is 0 Å². The van der Waals surface area contributed by atoms with Gasteiger partial charge in [-0.2, -0.15) is 0 Å². The molecule has 2 aromatic heterocycles. The van der Waals surface area contributed by atoms with Gasteiger partial charge in [0.25, 0.3) is 11.9 Å². The molecule has 2 heterocycles. The van der Waals surface area contributed by atoms with Crippen molar-refractivity contribution in [2.24, 2.45) is 0 Å². The lowest BCUT2D eigenvalue weighted by atomic mass is 9.61. The van der Waals surface area contributed by atoms with Gasteiger partial charge in [-0.1, -0.05) is 41.4 Å². The van der Waals surface area contributed by atoms with E-state index in [4.69, 9.17) is 44.0 Å². The Kier molecular flexibility index (Phi) is 9.94. The number of aliphatic hydroxyl groups is 6. The van der Waals surface area contributed by atoms with Gasteiger partial charge in [0.15, 0.2) is 7.85 Å². The largest absolute Gasteiger partial charge is 0.395 e. The Morgan fingerprint density at radius 2 is 1.69 bits per heavy atom. The number of aromatic amines is 1. The summed E-state index contributed by atoms with van der Waals surface area (Å²) in [5.41, 5.74) is -5.84. The lowest BCUT2D eigenvalue weighted by Crippen LogP contribution is -2.73. The number of nitrogens with one attached hydrogen (secondary N) is 3. The molecule has 1 aromatic carbocycles. The van der Waals surface area contributed by atoms with Crippen LogP contribution in [0.1, 0.15) is 10.5 Å². The van der Waals surface area contributed by atoms with E-state index in [-0.39, 0.29) is 35.2 Å². The number of benzene rings is 1. The van der Waals surface area contributed by atoms with Crippen LogP contribution in [0.2, 0.25) is 10.0 Å². The van der Waals surface area contributed by atoms with Crippen molar-refractivity contribution in [3.63, 3.8) is 0 Å². The number of aromatic nitrogens is 2. The maximum absolute atomic E-state index is 11.9. The Morgan fingerprint density at radius 3 is 2.19 bits per heavy atom. The Bertz CT molecular complexity index is 1140. The molecule has 0 fully saturated rings. The highest BCUT2D eigenvalue weighted by Gasteiger charge is 2.55. The number of halogens is 2. The lowest BCUT2D eigenvalue weighted by molar-refractivity contribution is -0.358. The number of hydrogen-bond acceptors (Lipinski definition) is 9. The Labute approximate surface area is 218 Å². The van der Waals surface area contributed by atoms with Crippen LogP contribution in [-0.2, 0) is 0 Å². The summed E-state index contributed by atoms with van der Waals surface area (Å²) < 4.78 is 0. The average molecular weight is 535 g/mol. The van der Waals surface area contributed by atoms with Crippen LogP contribution in [0, 0.1) is 0 Å². The van der Waals surface area contributed by atoms with E-state index in [0.29, 0.717) is 5.56 Å². The van der Waals surface area contributed by atoms with Gasteiger partial charge in [0.05, 0.1) is 11.6 Å². The standard InChI is InChI=1S/C15H17B2ClN4O7.C6H5Cl/c16-13(14(17,25)26,15(27,28)29)22-11-4-8(9(18)6-21-11)7-3-10(20-5-7)12(24)19-1-2-23;7-6-4-2-1-3-5-6/h3-6,20,23,25-29H,1-2H2,(H,19,24)(H,21,22);1-5H. The van der Waals surface area contributed by atoms with Crippen LogP contribution in [0.4, 0.5) is 5.82 Å². The van der Waals surface area contributed by atoms with Crippen molar-refractivity contribution in [2.75, 3.05) is 18.5 Å². The smallest absolute Gasteiger partial charge is 0.295 e. The zero-order valence-electron chi connectivity index (χ0n) is 18.6. The quantitative estimate of drug-likeness (QED) is 0.135. The second-order valence-electron chi connectivity index (χ2n) is 7.42. The highest BCUT2D eigenvalue weighted by atomic mass is 35.5. The number of rotatable bonds is 8. The minimum atomic E-state index is -3.88. The number of hydrogen-bond donors (Lipinski definition) is 9. The summed E-state index contributed by atoms with van der Waals surface area (Å²) in [4.78, 5) is 18.5. The first-order valence-electron chi connectivity index (χ1n) is 10.1. The molecule has 0 aliphatic carbocycles. The van der Waals surface area contributed by atoms with Gasteiger partial charge in [-0.3, -0.25) is 4.79 Å². The molecule has 9 N–H and O–H groups in total. The summed E-state index contributed by atoms with van der Waals surface area (Å²) in [5.74, 6) is -4.63. The highest BCUT2D eigenvalue weighted by molar-refractivity contribution is 6.33. The fraction of sp³-hybridized carbons (Fsp3) is 0.238. The minimum Gasteiger partial charge on any atom is -0.395 e. The molecule has 1 unspecified atom stereocenters. The minimum absolute atomic E-state index is 0.0598. The normalized spacial score (nSPS) is 13.2. The molecule has 0 saturated heterocycles. The SMILES string of the molecule is Clc1ccccc1.[B]C(O)(O)C([B])(Nc1cc(-c2c[nH]c(C(=O)NCCO)c2)c(Cl)cn1)C(O)(O)O. The maximum Gasteiger partial charge on any atom is 0.295 e. The van der Waals surface area contributed by atoms with E-state index in [1.54, 1.807) is 0 Å². The fourth-order valence-corrected chi connectivity index (χ4v) is 3.07. The van der Waals surface area contributed by atoms with Crippen molar-refractivity contribution < 1.29 is 35.4 Å². The van der Waals surface area contributed by atoms with Gasteiger partial charge in [0, 0.05) is 35.1 Å². The average Bonchev–Trinajstić information content (AvgIpc) is 3.28. The molecule has 1 atom stereocenters. The summed E-state index contributed by atoms with van der Waals surface area (Å²) in [5, 5.41) is 61.5. The molecule has 0 spiro atoms. The van der Waals surface area contributed by atoms with E-state index >= 15 is 0 Å². The van der Waals surface area contributed by atoms with Crippen LogP contribution in [-0.4, -0.2) is 92.5 Å². The van der Waals surface area contributed by atoms with E-state index in [2.05, 4.69) is 15.3 Å². The summed E-state index contributed by atoms with van der Waals surface area (Å²) in [6, 6.07) is 12.1. The van der Waals surface area contributed by atoms with Crippen molar-refractivity contribution in [2.45, 2.75) is 17.1 Å². The van der Waals surface area contributed by atoms with Crippen molar-refractivity contribution in [1.29, 1.82) is 0 Å². The van der Waals surface area contributed by atoms with Gasteiger partial charge in [-0.25, -0.2) is 4.98 Å². The number of H-pyrrole nitrogens is 1. The van der Waals surface area contributed by atoms with Crippen LogP contribution in [0.15, 0.2) is 54.9 Å². The molecule has 11 nitrogen and oxygen atoms in total. The third-order valence-electron chi connectivity index (χ3n) is 4.66. The van der Waals surface area contributed by atoms with Crippen LogP contribution in [0.25, 0.3) is 11.1 Å². The first-order chi connectivity index (χ1) is 16.7. The van der Waals surface area contributed by atoms with Crippen LogP contribution in [0.5, 0.6) is 0 Å². The zero-order valence-corrected chi connectivity index (χ0v) is 20.1. The predicted molar refractivity (Wildman–Crippen MR) is 134 cm³/mol. The van der Waals surface area contributed by atoms with Gasteiger partial charge in [-0.15, -0.1) is 0 Å². The first-order valence-corrected chi connectivity index (χ1v) is 10.9. The van der Waals surface area contributed by atoms with Gasteiger partial charge < -0.3 is 46.3 Å². The molecule has 3 rings (SSSR count). The number of carbonyl (C=O) groups excluding carboxylic acids is 1. The number of aliphatic hydroxyl groups excluding tert-OH is 1. The molecule has 3 aromatic rings. The first kappa shape index (κ1) is 29.6. The number of anilines is 1. The van der Waals surface area contributed by atoms with E-state index in [1.165, 1.54) is 18.3 Å². The molecule has 0 saturated carbocycles. The Hall–Kier alpha value is -2.61. The van der Waals surface area contributed by atoms with E-state index in [1.807, 2.05) is 35.6 Å². The number of pyridine rings is 1. The monoisotopic (exact) mass is 534 g/mol. The van der Waals surface area contributed by atoms with Crippen molar-refractivity contribution in [3.05, 3.63) is 70.6 Å². The molecule has 188 valence electrons. The second kappa shape index (κ2) is 12.1. The van der Waals surface area contributed by atoms with Crippen molar-refractivity contribution in [1.82, 2.24) is 15.3 Å². The van der Waals surface area contributed by atoms with Crippen LogP contribution < -0.4 is 10.6 Å². The summed E-state index contributed by atoms with van der Waals surface area (Å²) in [6.07, 6.45) is 2.56. The summed E-state index contributed by atoms with van der Waals surface area (Å²) >= 11 is 11.7. The Morgan fingerprint density at radius 1 is 1.06 bits per heavy atom. The molecule has 0 bridgehead atoms. The summed E-state index contributed by atoms with van der Waals surface area (Å²) in [6.45, 7) is -0.171. The molecule has 1 amide bonds. The molecule has 36 heavy (non-hydrogen) atoms. The molecule has 0 aliphatic heterocycles. The van der Waals surface area contributed by atoms with Gasteiger partial charge in [0.1, 0.15) is 30.5 Å². The molecule has 4 radical (unpaired) electrons. The molecular formula is C21H22B2Cl2N4O7. The van der Waals surface area contributed by atoms with Crippen LogP contribution >= 0.6 is 23.2 Å². The number of nitrogens with zero attached hydrogens (tertiary/aromatic N) is 1. The van der Waals surface area contributed by atoms with Crippen molar-refractivity contribution >= 4 is 50.6 Å². The topological polar surface area (TPSA) is 191 Å². The molecule has 15 heteroatoms. The Balaban J connectivity index is 0.000000558. The van der Waals surface area contributed by atoms with Gasteiger partial charge in [0.2, 0.25) is 0 Å².